The molecule has 0 bridgehead atoms. The molecule has 29 heavy (non-hydrogen) atoms. The van der Waals surface area contributed by atoms with Crippen LogP contribution in [0.5, 0.6) is 0 Å². The second-order valence-electron chi connectivity index (χ2n) is 8.30. The molecule has 2 aromatic heterocycles. The number of benzene rings is 1. The Morgan fingerprint density at radius 1 is 1.10 bits per heavy atom. The smallest absolute Gasteiger partial charge is 0.164 e. The zero-order valence-electron chi connectivity index (χ0n) is 17.0. The SMILES string of the molecule is Cc1ncnc2c1ccn2[C@@H]1O[C@H](C(O)c2ccc(C(C)C)cc2)[C@@](C)(O)[C@H]1O. The average molecular weight is 397 g/mol. The highest BCUT2D eigenvalue weighted by Gasteiger charge is 2.55. The van der Waals surface area contributed by atoms with Gasteiger partial charge in [0.1, 0.15) is 35.9 Å². The number of aliphatic hydroxyl groups is 3. The van der Waals surface area contributed by atoms with Crippen LogP contribution in [0.4, 0.5) is 0 Å². The minimum absolute atomic E-state index is 0.380. The first-order chi connectivity index (χ1) is 13.7. The van der Waals surface area contributed by atoms with Gasteiger partial charge in [-0.3, -0.25) is 0 Å². The van der Waals surface area contributed by atoms with E-state index in [0.717, 1.165) is 16.6 Å². The number of nitrogens with zero attached hydrogens (tertiary/aromatic N) is 3. The van der Waals surface area contributed by atoms with E-state index >= 15 is 0 Å². The molecule has 0 radical (unpaired) electrons. The Labute approximate surface area is 169 Å². The molecule has 154 valence electrons. The first kappa shape index (κ1) is 20.0. The maximum atomic E-state index is 11.0. The maximum Gasteiger partial charge on any atom is 0.164 e. The molecule has 0 aliphatic carbocycles. The third-order valence-electron chi connectivity index (χ3n) is 5.95. The van der Waals surface area contributed by atoms with E-state index in [1.165, 1.54) is 13.3 Å². The molecule has 0 spiro atoms. The molecule has 1 aliphatic heterocycles. The van der Waals surface area contributed by atoms with Crippen LogP contribution in [0.2, 0.25) is 0 Å². The summed E-state index contributed by atoms with van der Waals surface area (Å²) in [7, 11) is 0. The molecular formula is C22H27N3O4. The molecule has 0 saturated carbocycles. The summed E-state index contributed by atoms with van der Waals surface area (Å²) >= 11 is 0. The van der Waals surface area contributed by atoms with Crippen LogP contribution in [-0.4, -0.2) is 47.7 Å². The molecule has 1 unspecified atom stereocenters. The lowest BCUT2D eigenvalue weighted by Crippen LogP contribution is -2.47. The quantitative estimate of drug-likeness (QED) is 0.626. The summed E-state index contributed by atoms with van der Waals surface area (Å²) in [5.41, 5.74) is 1.55. The summed E-state index contributed by atoms with van der Waals surface area (Å²) in [6.07, 6.45) is -1.02. The molecule has 5 atom stereocenters. The van der Waals surface area contributed by atoms with Crippen molar-refractivity contribution >= 4 is 11.0 Å². The number of hydrogen-bond acceptors (Lipinski definition) is 6. The summed E-state index contributed by atoms with van der Waals surface area (Å²) in [5, 5.41) is 33.7. The first-order valence-electron chi connectivity index (χ1n) is 9.83. The monoisotopic (exact) mass is 397 g/mol. The van der Waals surface area contributed by atoms with Gasteiger partial charge in [0.25, 0.3) is 0 Å². The predicted molar refractivity (Wildman–Crippen MR) is 108 cm³/mol. The predicted octanol–water partition coefficient (Wildman–Crippen LogP) is 2.61. The molecular weight excluding hydrogens is 370 g/mol. The molecule has 1 saturated heterocycles. The number of aliphatic hydroxyl groups excluding tert-OH is 2. The van der Waals surface area contributed by atoms with Crippen molar-refractivity contribution in [2.45, 2.75) is 63.8 Å². The van der Waals surface area contributed by atoms with Crippen LogP contribution in [0.15, 0.2) is 42.9 Å². The molecule has 3 aromatic rings. The molecule has 0 amide bonds. The fourth-order valence-corrected chi connectivity index (χ4v) is 3.99. The van der Waals surface area contributed by atoms with Gasteiger partial charge in [0.05, 0.1) is 5.69 Å². The van der Waals surface area contributed by atoms with Crippen LogP contribution in [0.1, 0.15) is 55.8 Å². The second-order valence-corrected chi connectivity index (χ2v) is 8.30. The van der Waals surface area contributed by atoms with Crippen LogP contribution in [0.25, 0.3) is 11.0 Å². The first-order valence-corrected chi connectivity index (χ1v) is 9.83. The Morgan fingerprint density at radius 2 is 1.76 bits per heavy atom. The Balaban J connectivity index is 1.66. The maximum absolute atomic E-state index is 11.0. The van der Waals surface area contributed by atoms with E-state index in [1.54, 1.807) is 10.8 Å². The largest absolute Gasteiger partial charge is 0.386 e. The van der Waals surface area contributed by atoms with Crippen molar-refractivity contribution in [3.8, 4) is 0 Å². The fraction of sp³-hybridized carbons (Fsp3) is 0.455. The van der Waals surface area contributed by atoms with Crippen LogP contribution in [0.3, 0.4) is 0 Å². The van der Waals surface area contributed by atoms with Crippen LogP contribution < -0.4 is 0 Å². The minimum atomic E-state index is -1.65. The molecule has 3 N–H and O–H groups in total. The van der Waals surface area contributed by atoms with E-state index in [2.05, 4.69) is 23.8 Å². The third kappa shape index (κ3) is 3.24. The van der Waals surface area contributed by atoms with E-state index < -0.39 is 30.1 Å². The van der Waals surface area contributed by atoms with Crippen LogP contribution in [-0.2, 0) is 4.74 Å². The second kappa shape index (κ2) is 7.18. The molecule has 1 aromatic carbocycles. The number of fused-ring (bicyclic) bond motifs is 1. The van der Waals surface area contributed by atoms with Crippen LogP contribution in [0, 0.1) is 6.92 Å². The van der Waals surface area contributed by atoms with Gasteiger partial charge in [-0.05, 0) is 37.0 Å². The Hall–Kier alpha value is -2.32. The number of aryl methyl sites for hydroxylation is 1. The topological polar surface area (TPSA) is 101 Å². The van der Waals surface area contributed by atoms with Gasteiger partial charge in [0.15, 0.2) is 6.23 Å². The van der Waals surface area contributed by atoms with Crippen molar-refractivity contribution in [3.05, 3.63) is 59.7 Å². The van der Waals surface area contributed by atoms with Gasteiger partial charge in [0, 0.05) is 11.6 Å². The van der Waals surface area contributed by atoms with Crippen molar-refractivity contribution in [2.75, 3.05) is 0 Å². The van der Waals surface area contributed by atoms with E-state index in [1.807, 2.05) is 37.3 Å². The van der Waals surface area contributed by atoms with Gasteiger partial charge in [-0.1, -0.05) is 38.1 Å². The lowest BCUT2D eigenvalue weighted by atomic mass is 9.88. The van der Waals surface area contributed by atoms with Gasteiger partial charge in [-0.25, -0.2) is 9.97 Å². The van der Waals surface area contributed by atoms with Gasteiger partial charge >= 0.3 is 0 Å². The lowest BCUT2D eigenvalue weighted by Gasteiger charge is -2.29. The summed E-state index contributed by atoms with van der Waals surface area (Å²) in [4.78, 5) is 8.48. The van der Waals surface area contributed by atoms with Gasteiger partial charge in [0.2, 0.25) is 0 Å². The Kier molecular flexibility index (Phi) is 4.94. The van der Waals surface area contributed by atoms with Gasteiger partial charge in [-0.15, -0.1) is 0 Å². The highest BCUT2D eigenvalue weighted by molar-refractivity contribution is 5.78. The van der Waals surface area contributed by atoms with E-state index in [4.69, 9.17) is 4.74 Å². The zero-order chi connectivity index (χ0) is 20.9. The van der Waals surface area contributed by atoms with E-state index in [-0.39, 0.29) is 0 Å². The molecule has 1 fully saturated rings. The summed E-state index contributed by atoms with van der Waals surface area (Å²) in [6.45, 7) is 7.57. The fourth-order valence-electron chi connectivity index (χ4n) is 3.99. The molecule has 3 heterocycles. The molecule has 1 aliphatic rings. The van der Waals surface area contributed by atoms with Crippen molar-refractivity contribution in [1.29, 1.82) is 0 Å². The van der Waals surface area contributed by atoms with Gasteiger partial charge in [-0.2, -0.15) is 0 Å². The number of ether oxygens (including phenoxy) is 1. The number of aromatic nitrogens is 3. The highest BCUT2D eigenvalue weighted by atomic mass is 16.6. The van der Waals surface area contributed by atoms with Gasteiger partial charge < -0.3 is 24.6 Å². The number of hydrogen-bond donors (Lipinski definition) is 3. The average Bonchev–Trinajstić information content (AvgIpc) is 3.22. The molecule has 7 heteroatoms. The van der Waals surface area contributed by atoms with Crippen molar-refractivity contribution < 1.29 is 20.1 Å². The molecule has 4 rings (SSSR count). The zero-order valence-corrected chi connectivity index (χ0v) is 17.0. The van der Waals surface area contributed by atoms with E-state index in [9.17, 15) is 15.3 Å². The molecule has 7 nitrogen and oxygen atoms in total. The van der Waals surface area contributed by atoms with E-state index in [0.29, 0.717) is 17.1 Å². The highest BCUT2D eigenvalue weighted by Crippen LogP contribution is 2.43. The standard InChI is InChI=1S/C22H27N3O4/c1-12(2)14-5-7-15(8-6-14)17(26)19-22(4,28)18(27)21(29-19)25-10-9-16-13(3)23-11-24-20(16)25/h5-12,17-19,21,26-28H,1-4H3/t17?,18-,19+,21+,22-/m0/s1. The van der Waals surface area contributed by atoms with Crippen molar-refractivity contribution in [2.24, 2.45) is 0 Å². The summed E-state index contributed by atoms with van der Waals surface area (Å²) in [5.74, 6) is 0.380. The third-order valence-corrected chi connectivity index (χ3v) is 5.95. The van der Waals surface area contributed by atoms with Crippen molar-refractivity contribution in [1.82, 2.24) is 14.5 Å². The minimum Gasteiger partial charge on any atom is -0.386 e. The normalized spacial score (nSPS) is 28.3. The number of rotatable bonds is 4. The Morgan fingerprint density at radius 3 is 2.41 bits per heavy atom. The summed E-state index contributed by atoms with van der Waals surface area (Å²) < 4.78 is 7.71. The van der Waals surface area contributed by atoms with Crippen molar-refractivity contribution in [3.63, 3.8) is 0 Å². The van der Waals surface area contributed by atoms with Crippen LogP contribution >= 0.6 is 0 Å². The summed E-state index contributed by atoms with van der Waals surface area (Å²) in [6, 6.07) is 9.44. The lowest BCUT2D eigenvalue weighted by molar-refractivity contribution is -0.115. The Bertz CT molecular complexity index is 1010.